The minimum Gasteiger partial charge on any atom is -0.385 e. The second kappa shape index (κ2) is 4.82. The Bertz CT molecular complexity index is 93.1. The van der Waals surface area contributed by atoms with E-state index in [1.165, 1.54) is 6.92 Å². The lowest BCUT2D eigenvalue weighted by atomic mass is 10.1. The largest absolute Gasteiger partial charge is 0.385 e. The maximum Gasteiger partial charge on any atom is 0.158 e. The van der Waals surface area contributed by atoms with Crippen LogP contribution in [0.2, 0.25) is 0 Å². The summed E-state index contributed by atoms with van der Waals surface area (Å²) >= 11 is 3.94. The first-order chi connectivity index (χ1) is 4.18. The lowest BCUT2D eigenvalue weighted by Crippen LogP contribution is -2.16. The number of aliphatic hydroxyl groups is 1. The van der Waals surface area contributed by atoms with E-state index >= 15 is 0 Å². The summed E-state index contributed by atoms with van der Waals surface area (Å²) in [5.74, 6) is 0.571. The van der Waals surface area contributed by atoms with Crippen LogP contribution in [-0.2, 0) is 4.79 Å². The smallest absolute Gasteiger partial charge is 0.158 e. The van der Waals surface area contributed by atoms with Crippen molar-refractivity contribution in [2.75, 3.05) is 5.75 Å². The number of aliphatic hydroxyl groups excluding tert-OH is 1. The van der Waals surface area contributed by atoms with Gasteiger partial charge in [0.15, 0.2) is 5.78 Å². The van der Waals surface area contributed by atoms with Crippen LogP contribution in [0.15, 0.2) is 0 Å². The molecule has 3 heteroatoms. The van der Waals surface area contributed by atoms with Crippen LogP contribution in [0.25, 0.3) is 0 Å². The molecule has 0 aliphatic carbocycles. The summed E-state index contributed by atoms with van der Waals surface area (Å²) < 4.78 is 0. The summed E-state index contributed by atoms with van der Waals surface area (Å²) in [6.45, 7) is 1.39. The van der Waals surface area contributed by atoms with E-state index in [-0.39, 0.29) is 5.78 Å². The maximum absolute atomic E-state index is 10.4. The molecule has 0 fully saturated rings. The van der Waals surface area contributed by atoms with Crippen LogP contribution in [0.1, 0.15) is 19.8 Å². The number of rotatable bonds is 4. The molecule has 54 valence electrons. The molecule has 2 nitrogen and oxygen atoms in total. The van der Waals surface area contributed by atoms with Crippen molar-refractivity contribution >= 4 is 18.4 Å². The average Bonchev–Trinajstić information content (AvgIpc) is 1.82. The Labute approximate surface area is 60.7 Å². The monoisotopic (exact) mass is 148 g/mol. The highest BCUT2D eigenvalue weighted by Gasteiger charge is 2.06. The topological polar surface area (TPSA) is 37.3 Å². The lowest BCUT2D eigenvalue weighted by molar-refractivity contribution is -0.125. The molecule has 0 radical (unpaired) electrons. The standard InChI is InChI=1S/C6H12O2S/c1-5(7)6(8)3-2-4-9/h6,8-9H,2-4H2,1H3/t6-/m0/s1. The molecule has 0 unspecified atom stereocenters. The zero-order valence-electron chi connectivity index (χ0n) is 5.50. The van der Waals surface area contributed by atoms with Gasteiger partial charge in [0, 0.05) is 0 Å². The number of ketones is 1. The molecule has 1 N–H and O–H groups in total. The third-order valence-corrected chi connectivity index (χ3v) is 1.42. The highest BCUT2D eigenvalue weighted by Crippen LogP contribution is 1.98. The summed E-state index contributed by atoms with van der Waals surface area (Å²) in [7, 11) is 0. The van der Waals surface area contributed by atoms with Crippen LogP contribution in [0.4, 0.5) is 0 Å². The molecule has 0 aromatic heterocycles. The van der Waals surface area contributed by atoms with Crippen molar-refractivity contribution in [1.82, 2.24) is 0 Å². The third kappa shape index (κ3) is 4.48. The Hall–Kier alpha value is -0.0200. The Morgan fingerprint density at radius 3 is 2.67 bits per heavy atom. The number of hydrogen-bond acceptors (Lipinski definition) is 3. The number of Topliss-reactive ketones (excluding diaryl/α,β-unsaturated/α-hetero) is 1. The second-order valence-electron chi connectivity index (χ2n) is 1.99. The molecule has 0 saturated carbocycles. The zero-order chi connectivity index (χ0) is 7.28. The summed E-state index contributed by atoms with van der Waals surface area (Å²) in [5.41, 5.74) is 0. The molecule has 1 atom stereocenters. The molecule has 0 rings (SSSR count). The van der Waals surface area contributed by atoms with Gasteiger partial charge in [-0.25, -0.2) is 0 Å². The van der Waals surface area contributed by atoms with Gasteiger partial charge in [0.05, 0.1) is 0 Å². The Kier molecular flexibility index (Phi) is 4.81. The van der Waals surface area contributed by atoms with Crippen molar-refractivity contribution in [1.29, 1.82) is 0 Å². The van der Waals surface area contributed by atoms with Crippen molar-refractivity contribution in [3.8, 4) is 0 Å². The van der Waals surface area contributed by atoms with Gasteiger partial charge in [0.2, 0.25) is 0 Å². The Balaban J connectivity index is 3.27. The van der Waals surface area contributed by atoms with E-state index in [9.17, 15) is 4.79 Å². The van der Waals surface area contributed by atoms with Crippen molar-refractivity contribution in [2.24, 2.45) is 0 Å². The van der Waals surface area contributed by atoms with Crippen LogP contribution in [-0.4, -0.2) is 22.7 Å². The number of hydrogen-bond donors (Lipinski definition) is 2. The molecule has 0 saturated heterocycles. The van der Waals surface area contributed by atoms with Crippen molar-refractivity contribution < 1.29 is 9.90 Å². The molecule has 0 aromatic rings. The minimum absolute atomic E-state index is 0.156. The van der Waals surface area contributed by atoms with Crippen LogP contribution in [0.5, 0.6) is 0 Å². The summed E-state index contributed by atoms with van der Waals surface area (Å²) in [4.78, 5) is 10.4. The van der Waals surface area contributed by atoms with E-state index in [4.69, 9.17) is 5.11 Å². The summed E-state index contributed by atoms with van der Waals surface area (Å²) in [6.07, 6.45) is 0.569. The normalized spacial score (nSPS) is 13.2. The molecule has 0 bridgehead atoms. The first-order valence-corrected chi connectivity index (χ1v) is 3.61. The fraction of sp³-hybridized carbons (Fsp3) is 0.833. The SMILES string of the molecule is CC(=O)[C@@H](O)CCCS. The molecule has 0 aliphatic heterocycles. The average molecular weight is 148 g/mol. The predicted molar refractivity (Wildman–Crippen MR) is 39.8 cm³/mol. The Morgan fingerprint density at radius 2 is 2.33 bits per heavy atom. The first-order valence-electron chi connectivity index (χ1n) is 2.98. The van der Waals surface area contributed by atoms with Gasteiger partial charge in [-0.2, -0.15) is 12.6 Å². The summed E-state index contributed by atoms with van der Waals surface area (Å²) in [6, 6.07) is 0. The molecule has 0 aliphatic rings. The summed E-state index contributed by atoms with van der Waals surface area (Å²) in [5, 5.41) is 8.87. The van der Waals surface area contributed by atoms with Crippen molar-refractivity contribution in [3.05, 3.63) is 0 Å². The maximum atomic E-state index is 10.4. The molecule has 0 heterocycles. The van der Waals surface area contributed by atoms with Crippen LogP contribution in [0, 0.1) is 0 Å². The van der Waals surface area contributed by atoms with Crippen LogP contribution in [0.3, 0.4) is 0 Å². The van der Waals surface area contributed by atoms with E-state index < -0.39 is 6.10 Å². The van der Waals surface area contributed by atoms with E-state index in [0.717, 1.165) is 12.2 Å². The van der Waals surface area contributed by atoms with E-state index in [2.05, 4.69) is 12.6 Å². The number of carbonyl (C=O) groups is 1. The number of thiol groups is 1. The quantitative estimate of drug-likeness (QED) is 0.574. The van der Waals surface area contributed by atoms with E-state index in [0.29, 0.717) is 6.42 Å². The van der Waals surface area contributed by atoms with E-state index in [1.807, 2.05) is 0 Å². The number of carbonyl (C=O) groups excluding carboxylic acids is 1. The molecule has 0 spiro atoms. The third-order valence-electron chi connectivity index (χ3n) is 1.10. The fourth-order valence-electron chi connectivity index (χ4n) is 0.488. The van der Waals surface area contributed by atoms with Crippen LogP contribution < -0.4 is 0 Å². The second-order valence-corrected chi connectivity index (χ2v) is 2.44. The lowest BCUT2D eigenvalue weighted by Gasteiger charge is -2.02. The van der Waals surface area contributed by atoms with Crippen molar-refractivity contribution in [3.63, 3.8) is 0 Å². The molecular weight excluding hydrogens is 136 g/mol. The first kappa shape index (κ1) is 8.98. The van der Waals surface area contributed by atoms with Gasteiger partial charge in [-0.15, -0.1) is 0 Å². The molecular formula is C6H12O2S. The van der Waals surface area contributed by atoms with E-state index in [1.54, 1.807) is 0 Å². The van der Waals surface area contributed by atoms with Gasteiger partial charge in [0.25, 0.3) is 0 Å². The van der Waals surface area contributed by atoms with Gasteiger partial charge in [-0.05, 0) is 25.5 Å². The molecule has 9 heavy (non-hydrogen) atoms. The molecule has 0 aromatic carbocycles. The highest BCUT2D eigenvalue weighted by atomic mass is 32.1. The fourth-order valence-corrected chi connectivity index (χ4v) is 0.670. The highest BCUT2D eigenvalue weighted by molar-refractivity contribution is 7.80. The van der Waals surface area contributed by atoms with Gasteiger partial charge >= 0.3 is 0 Å². The van der Waals surface area contributed by atoms with Crippen molar-refractivity contribution in [2.45, 2.75) is 25.9 Å². The van der Waals surface area contributed by atoms with Gasteiger partial charge in [-0.3, -0.25) is 4.79 Å². The van der Waals surface area contributed by atoms with Gasteiger partial charge < -0.3 is 5.11 Å². The van der Waals surface area contributed by atoms with Gasteiger partial charge in [-0.1, -0.05) is 0 Å². The van der Waals surface area contributed by atoms with Crippen LogP contribution >= 0.6 is 12.6 Å². The zero-order valence-corrected chi connectivity index (χ0v) is 6.40. The molecule has 0 amide bonds. The minimum atomic E-state index is -0.767. The van der Waals surface area contributed by atoms with Gasteiger partial charge in [0.1, 0.15) is 6.10 Å². The predicted octanol–water partition coefficient (Wildman–Crippen LogP) is 0.646. The Morgan fingerprint density at radius 1 is 1.78 bits per heavy atom.